The summed E-state index contributed by atoms with van der Waals surface area (Å²) < 4.78 is 1.69. The summed E-state index contributed by atoms with van der Waals surface area (Å²) in [6, 6.07) is 21.1. The van der Waals surface area contributed by atoms with Crippen LogP contribution in [0.5, 0.6) is 0 Å². The standard InChI is InChI=1S/C17H13N5O2.C9H11Br/c23-17(24)13-3-1-2-11(6-13)9-22-10-16(20-21-22)12-4-5-15-14(7-12)8-18-19-15;1-7-5-3-4-6-9(7)8(2)10/h1-8,10H,9H2,(H,18,19)(H,23,24);3-6,8H,1-2H3. The van der Waals surface area contributed by atoms with Crippen molar-refractivity contribution in [3.8, 4) is 11.3 Å². The van der Waals surface area contributed by atoms with Crippen molar-refractivity contribution in [2.45, 2.75) is 25.2 Å². The maximum atomic E-state index is 11.0. The number of hydrogen-bond acceptors (Lipinski definition) is 4. The van der Waals surface area contributed by atoms with Crippen LogP contribution in [0.3, 0.4) is 0 Å². The van der Waals surface area contributed by atoms with Gasteiger partial charge in [0.2, 0.25) is 0 Å². The summed E-state index contributed by atoms with van der Waals surface area (Å²) in [6.07, 6.45) is 3.61. The number of hydrogen-bond donors (Lipinski definition) is 2. The van der Waals surface area contributed by atoms with E-state index in [1.165, 1.54) is 11.1 Å². The monoisotopic (exact) mass is 517 g/mol. The van der Waals surface area contributed by atoms with Gasteiger partial charge in [-0.1, -0.05) is 63.6 Å². The molecule has 0 aliphatic carbocycles. The van der Waals surface area contributed by atoms with E-state index in [2.05, 4.69) is 74.6 Å². The summed E-state index contributed by atoms with van der Waals surface area (Å²) in [6.45, 7) is 4.73. The van der Waals surface area contributed by atoms with Gasteiger partial charge in [0, 0.05) is 15.8 Å². The summed E-state index contributed by atoms with van der Waals surface area (Å²) in [7, 11) is 0. The summed E-state index contributed by atoms with van der Waals surface area (Å²) in [5.74, 6) is -0.940. The third kappa shape index (κ3) is 5.58. The Hall–Kier alpha value is -3.78. The van der Waals surface area contributed by atoms with Gasteiger partial charge in [-0.05, 0) is 54.8 Å². The Morgan fingerprint density at radius 2 is 1.94 bits per heavy atom. The molecule has 7 nitrogen and oxygen atoms in total. The van der Waals surface area contributed by atoms with E-state index in [4.69, 9.17) is 5.11 Å². The summed E-state index contributed by atoms with van der Waals surface area (Å²) in [5.41, 5.74) is 6.53. The normalized spacial score (nSPS) is 11.6. The van der Waals surface area contributed by atoms with Crippen LogP contribution in [0.25, 0.3) is 22.2 Å². The van der Waals surface area contributed by atoms with Gasteiger partial charge in [0.1, 0.15) is 5.69 Å². The number of fused-ring (bicyclic) bond motifs is 1. The zero-order valence-corrected chi connectivity index (χ0v) is 20.4. The van der Waals surface area contributed by atoms with E-state index < -0.39 is 5.97 Å². The molecule has 0 amide bonds. The van der Waals surface area contributed by atoms with Gasteiger partial charge in [-0.3, -0.25) is 5.10 Å². The number of carboxylic acid groups (broad SMARTS) is 1. The number of nitrogens with one attached hydrogen (secondary N) is 1. The van der Waals surface area contributed by atoms with Gasteiger partial charge in [0.25, 0.3) is 0 Å². The first-order chi connectivity index (χ1) is 16.4. The number of nitrogens with zero attached hydrogens (tertiary/aromatic N) is 4. The number of aromatic carboxylic acids is 1. The number of halogens is 1. The van der Waals surface area contributed by atoms with Crippen LogP contribution in [0.4, 0.5) is 0 Å². The average Bonchev–Trinajstić information content (AvgIpc) is 3.49. The molecule has 2 heterocycles. The van der Waals surface area contributed by atoms with Gasteiger partial charge >= 0.3 is 5.97 Å². The Kier molecular flexibility index (Phi) is 7.18. The van der Waals surface area contributed by atoms with Gasteiger partial charge in [0.05, 0.1) is 30.0 Å². The molecule has 2 N–H and O–H groups in total. The fraction of sp³-hybridized carbons (Fsp3) is 0.154. The zero-order chi connectivity index (χ0) is 24.1. The predicted molar refractivity (Wildman–Crippen MR) is 136 cm³/mol. The molecule has 3 aromatic carbocycles. The van der Waals surface area contributed by atoms with Crippen molar-refractivity contribution in [3.63, 3.8) is 0 Å². The lowest BCUT2D eigenvalue weighted by Gasteiger charge is -2.05. The van der Waals surface area contributed by atoms with Crippen LogP contribution >= 0.6 is 15.9 Å². The molecule has 172 valence electrons. The van der Waals surface area contributed by atoms with E-state index >= 15 is 0 Å². The Balaban J connectivity index is 0.000000231. The molecule has 1 unspecified atom stereocenters. The molecule has 0 saturated heterocycles. The number of benzene rings is 3. The molecule has 0 spiro atoms. The van der Waals surface area contributed by atoms with E-state index in [9.17, 15) is 4.79 Å². The highest BCUT2D eigenvalue weighted by Crippen LogP contribution is 2.24. The molecule has 0 saturated carbocycles. The van der Waals surface area contributed by atoms with E-state index in [0.29, 0.717) is 11.4 Å². The molecular weight excluding hydrogens is 494 g/mol. The second-order valence-corrected chi connectivity index (χ2v) is 9.33. The van der Waals surface area contributed by atoms with Crippen molar-refractivity contribution in [1.29, 1.82) is 0 Å². The smallest absolute Gasteiger partial charge is 0.335 e. The molecule has 0 aliphatic heterocycles. The number of rotatable bonds is 5. The van der Waals surface area contributed by atoms with Crippen LogP contribution in [0, 0.1) is 6.92 Å². The summed E-state index contributed by atoms with van der Waals surface area (Å²) >= 11 is 3.53. The average molecular weight is 518 g/mol. The quantitative estimate of drug-likeness (QED) is 0.278. The SMILES string of the molecule is Cc1ccccc1C(C)Br.O=C(O)c1cccc(Cn2cc(-c3ccc4[nH]ncc4c3)nn2)c1. The third-order valence-electron chi connectivity index (χ3n) is 5.41. The van der Waals surface area contributed by atoms with Gasteiger partial charge in [-0.25, -0.2) is 9.48 Å². The first-order valence-electron chi connectivity index (χ1n) is 10.8. The molecule has 5 aromatic rings. The van der Waals surface area contributed by atoms with Gasteiger partial charge in [-0.15, -0.1) is 5.10 Å². The number of carbonyl (C=O) groups is 1. The van der Waals surface area contributed by atoms with Crippen LogP contribution in [0.2, 0.25) is 0 Å². The highest BCUT2D eigenvalue weighted by molar-refractivity contribution is 9.09. The molecule has 8 heteroatoms. The number of aromatic nitrogens is 5. The zero-order valence-electron chi connectivity index (χ0n) is 18.8. The number of carboxylic acids is 1. The summed E-state index contributed by atoms with van der Waals surface area (Å²) in [4.78, 5) is 11.5. The molecular formula is C26H24BrN5O2. The van der Waals surface area contributed by atoms with Crippen molar-refractivity contribution < 1.29 is 9.90 Å². The first kappa shape index (κ1) is 23.4. The third-order valence-corrected chi connectivity index (χ3v) is 5.90. The van der Waals surface area contributed by atoms with Crippen molar-refractivity contribution in [2.75, 3.05) is 0 Å². The molecule has 0 radical (unpaired) electrons. The minimum Gasteiger partial charge on any atom is -0.478 e. The molecule has 0 bridgehead atoms. The van der Waals surface area contributed by atoms with Crippen molar-refractivity contribution in [3.05, 3.63) is 101 Å². The van der Waals surface area contributed by atoms with Crippen LogP contribution in [0.1, 0.15) is 38.8 Å². The lowest BCUT2D eigenvalue weighted by Crippen LogP contribution is -2.03. The van der Waals surface area contributed by atoms with Crippen LogP contribution in [-0.4, -0.2) is 36.3 Å². The minimum atomic E-state index is -0.940. The lowest BCUT2D eigenvalue weighted by molar-refractivity contribution is 0.0696. The Labute approximate surface area is 205 Å². The fourth-order valence-corrected chi connectivity index (χ4v) is 4.15. The van der Waals surface area contributed by atoms with Crippen molar-refractivity contribution in [1.82, 2.24) is 25.2 Å². The highest BCUT2D eigenvalue weighted by Gasteiger charge is 2.08. The second kappa shape index (κ2) is 10.4. The Bertz CT molecular complexity index is 1420. The predicted octanol–water partition coefficient (Wildman–Crippen LogP) is 6.02. The van der Waals surface area contributed by atoms with Crippen molar-refractivity contribution in [2.24, 2.45) is 0 Å². The van der Waals surface area contributed by atoms with E-state index in [1.807, 2.05) is 30.5 Å². The van der Waals surface area contributed by atoms with Gasteiger partial charge < -0.3 is 5.11 Å². The fourth-order valence-electron chi connectivity index (χ4n) is 3.63. The molecule has 34 heavy (non-hydrogen) atoms. The second-order valence-electron chi connectivity index (χ2n) is 7.95. The topological polar surface area (TPSA) is 96.7 Å². The molecule has 0 aliphatic rings. The van der Waals surface area contributed by atoms with Gasteiger partial charge in [0.15, 0.2) is 0 Å². The molecule has 1 atom stereocenters. The molecule has 0 fully saturated rings. The van der Waals surface area contributed by atoms with Crippen LogP contribution in [0.15, 0.2) is 79.1 Å². The highest BCUT2D eigenvalue weighted by atomic mass is 79.9. The minimum absolute atomic E-state index is 0.262. The molecule has 2 aromatic heterocycles. The number of H-pyrrole nitrogens is 1. The van der Waals surface area contributed by atoms with Gasteiger partial charge in [-0.2, -0.15) is 5.10 Å². The van der Waals surface area contributed by atoms with E-state index in [1.54, 1.807) is 29.1 Å². The lowest BCUT2D eigenvalue weighted by atomic mass is 10.1. The maximum Gasteiger partial charge on any atom is 0.335 e. The molecule has 5 rings (SSSR count). The number of aromatic amines is 1. The van der Waals surface area contributed by atoms with Crippen LogP contribution < -0.4 is 0 Å². The first-order valence-corrected chi connectivity index (χ1v) is 11.7. The maximum absolute atomic E-state index is 11.0. The van der Waals surface area contributed by atoms with Crippen LogP contribution in [-0.2, 0) is 6.54 Å². The number of alkyl halides is 1. The van der Waals surface area contributed by atoms with Crippen molar-refractivity contribution >= 4 is 32.8 Å². The van der Waals surface area contributed by atoms with E-state index in [-0.39, 0.29) is 5.56 Å². The largest absolute Gasteiger partial charge is 0.478 e. The van der Waals surface area contributed by atoms with E-state index in [0.717, 1.165) is 27.7 Å². The Morgan fingerprint density at radius 3 is 2.68 bits per heavy atom. The summed E-state index contributed by atoms with van der Waals surface area (Å²) in [5, 5.41) is 25.3. The Morgan fingerprint density at radius 1 is 1.12 bits per heavy atom. The number of aryl methyl sites for hydroxylation is 1.